The van der Waals surface area contributed by atoms with Crippen LogP contribution in [0.3, 0.4) is 0 Å². The smallest absolute Gasteiger partial charge is 0.0496 e. The molecule has 0 amide bonds. The molecule has 16 aromatic carbocycles. The molecule has 0 aliphatic heterocycles. The van der Waals surface area contributed by atoms with Gasteiger partial charge in [0.1, 0.15) is 0 Å². The molecule has 1 aliphatic rings. The fourth-order valence-corrected chi connectivity index (χ4v) is 19.1. The molecule has 0 N–H and O–H groups in total. The first kappa shape index (κ1) is 98.6. The third kappa shape index (κ3) is 25.7. The molecule has 21 rings (SSSR count). The highest BCUT2D eigenvalue weighted by Gasteiger charge is 2.35. The summed E-state index contributed by atoms with van der Waals surface area (Å²) in [6, 6.07) is 119. The zero-order chi connectivity index (χ0) is 96.1. The van der Waals surface area contributed by atoms with Crippen LogP contribution in [0.25, 0.3) is 120 Å². The van der Waals surface area contributed by atoms with Crippen LogP contribution in [0.5, 0.6) is 0 Å². The summed E-state index contributed by atoms with van der Waals surface area (Å²) in [4.78, 5) is 5.56. The molecule has 4 heterocycles. The van der Waals surface area contributed by atoms with E-state index in [4.69, 9.17) is 0 Å². The Hall–Kier alpha value is -13.9. The van der Waals surface area contributed by atoms with E-state index in [2.05, 4.69) is 506 Å². The van der Waals surface area contributed by atoms with Gasteiger partial charge in [0, 0.05) is 92.8 Å². The molecule has 4 aromatic heterocycles. The van der Waals surface area contributed by atoms with Crippen molar-refractivity contribution < 1.29 is 0 Å². The topological polar surface area (TPSA) is 9.86 Å². The molecule has 0 bridgehead atoms. The Kier molecular flexibility index (Phi) is 33.4. The van der Waals surface area contributed by atoms with Gasteiger partial charge in [-0.2, -0.15) is 0 Å². The van der Waals surface area contributed by atoms with Crippen LogP contribution < -0.4 is 0 Å². The largest absolute Gasteiger partial charge is 0.344 e. The molecule has 0 saturated heterocycles. The van der Waals surface area contributed by atoms with Crippen LogP contribution in [0.1, 0.15) is 169 Å². The number of rotatable bonds is 7. The first-order chi connectivity index (χ1) is 64.9. The zero-order valence-electron chi connectivity index (χ0n) is 83.6. The zero-order valence-corrected chi connectivity index (χ0v) is 85.2. The van der Waals surface area contributed by atoms with E-state index in [-0.39, 0.29) is 5.41 Å². The van der Waals surface area contributed by atoms with Crippen LogP contribution in [-0.2, 0) is 12.5 Å². The number of nitrogens with zero attached hydrogens (tertiary/aromatic N) is 2. The Morgan fingerprint density at radius 1 is 0.274 bits per heavy atom. The third-order valence-electron chi connectivity index (χ3n) is 24.7. The summed E-state index contributed by atoms with van der Waals surface area (Å²) in [5.41, 5.74) is 36.8. The molecule has 0 radical (unpaired) electrons. The van der Waals surface area contributed by atoms with Gasteiger partial charge in [-0.05, 0) is 321 Å². The van der Waals surface area contributed by atoms with Crippen LogP contribution in [0.4, 0.5) is 0 Å². The number of thiophene rings is 2. The molecular formula is C131H132N2S2. The Bertz CT molecular complexity index is 7110. The van der Waals surface area contributed by atoms with Crippen molar-refractivity contribution in [3.8, 4) is 43.8 Å². The van der Waals surface area contributed by atoms with Crippen molar-refractivity contribution in [2.24, 2.45) is 7.05 Å². The van der Waals surface area contributed by atoms with E-state index >= 15 is 0 Å². The van der Waals surface area contributed by atoms with Crippen LogP contribution >= 0.6 is 22.7 Å². The van der Waals surface area contributed by atoms with Crippen molar-refractivity contribution in [2.45, 2.75) is 164 Å². The van der Waals surface area contributed by atoms with Crippen molar-refractivity contribution in [2.75, 3.05) is 0 Å². The lowest BCUT2D eigenvalue weighted by Crippen LogP contribution is -2.15. The Morgan fingerprint density at radius 3 is 0.844 bits per heavy atom. The molecule has 20 aromatic rings. The first-order valence-corrected chi connectivity index (χ1v) is 49.0. The maximum absolute atomic E-state index is 3.16. The molecule has 0 spiro atoms. The number of aromatic nitrogens is 2. The molecule has 678 valence electrons. The molecule has 135 heavy (non-hydrogen) atoms. The van der Waals surface area contributed by atoms with Crippen LogP contribution in [0, 0.1) is 123 Å². The lowest BCUT2D eigenvalue weighted by atomic mass is 9.81. The van der Waals surface area contributed by atoms with Crippen molar-refractivity contribution in [3.63, 3.8) is 0 Å². The van der Waals surface area contributed by atoms with E-state index in [9.17, 15) is 0 Å². The van der Waals surface area contributed by atoms with E-state index in [0.717, 1.165) is 11.1 Å². The van der Waals surface area contributed by atoms with E-state index in [0.29, 0.717) is 6.04 Å². The molecule has 2 nitrogen and oxygen atoms in total. The van der Waals surface area contributed by atoms with E-state index < -0.39 is 0 Å². The fraction of sp³-hybridized carbons (Fsp3) is 0.191. The number of benzene rings is 16. The van der Waals surface area contributed by atoms with Crippen molar-refractivity contribution >= 4 is 111 Å². The number of allylic oxidation sites excluding steroid dienone is 6. The highest BCUT2D eigenvalue weighted by molar-refractivity contribution is 7.22. The van der Waals surface area contributed by atoms with Crippen LogP contribution in [0.2, 0.25) is 0 Å². The molecule has 4 heteroatoms. The van der Waals surface area contributed by atoms with Crippen molar-refractivity contribution in [1.82, 2.24) is 9.13 Å². The second kappa shape index (κ2) is 45.7. The van der Waals surface area contributed by atoms with Gasteiger partial charge in [-0.15, -0.1) is 22.7 Å². The van der Waals surface area contributed by atoms with Gasteiger partial charge in [0.15, 0.2) is 0 Å². The number of hydrogen-bond acceptors (Lipinski definition) is 2. The molecule has 0 saturated carbocycles. The van der Waals surface area contributed by atoms with Gasteiger partial charge in [-0.25, -0.2) is 0 Å². The highest BCUT2D eigenvalue weighted by atomic mass is 32.1. The lowest BCUT2D eigenvalue weighted by Gasteiger charge is -2.22. The summed E-state index contributed by atoms with van der Waals surface area (Å²) in [5, 5.41) is 13.7. The van der Waals surface area contributed by atoms with Gasteiger partial charge < -0.3 is 9.13 Å². The summed E-state index contributed by atoms with van der Waals surface area (Å²) in [6.45, 7) is 47.3. The van der Waals surface area contributed by atoms with Crippen LogP contribution in [0.15, 0.2) is 364 Å². The van der Waals surface area contributed by atoms with Gasteiger partial charge in [-0.3, -0.25) is 0 Å². The monoisotopic (exact) mass is 1800 g/mol. The Morgan fingerprint density at radius 2 is 0.548 bits per heavy atom. The van der Waals surface area contributed by atoms with E-state index in [1.165, 1.54) is 218 Å². The minimum Gasteiger partial charge on any atom is -0.344 e. The minimum absolute atomic E-state index is 0.142. The number of fused-ring (bicyclic) bond motifs is 9. The highest BCUT2D eigenvalue weighted by Crippen LogP contribution is 2.49. The molecular weight excluding hydrogens is 1670 g/mol. The molecule has 0 fully saturated rings. The predicted octanol–water partition coefficient (Wildman–Crippen LogP) is 37.7. The predicted molar refractivity (Wildman–Crippen MR) is 599 cm³/mol. The molecule has 0 atom stereocenters. The average Bonchev–Trinajstić information content (AvgIpc) is 1.44. The quantitative estimate of drug-likeness (QED) is 0.0651. The maximum atomic E-state index is 3.16. The van der Waals surface area contributed by atoms with Crippen molar-refractivity contribution in [3.05, 3.63) is 485 Å². The summed E-state index contributed by atoms with van der Waals surface area (Å²) in [7, 11) is 2.14. The lowest BCUT2D eigenvalue weighted by molar-refractivity contribution is 0.642. The minimum atomic E-state index is 0.142. The van der Waals surface area contributed by atoms with Gasteiger partial charge in [0.2, 0.25) is 0 Å². The summed E-state index contributed by atoms with van der Waals surface area (Å²) in [5.74, 6) is 6.32. The number of aryl methyl sites for hydroxylation is 17. The molecule has 0 unspecified atom stereocenters. The normalized spacial score (nSPS) is 11.6. The number of hydrogen-bond donors (Lipinski definition) is 0. The van der Waals surface area contributed by atoms with Gasteiger partial charge in [0.25, 0.3) is 0 Å². The molecule has 1 aliphatic carbocycles. The summed E-state index contributed by atoms with van der Waals surface area (Å²) < 4.78 is 4.73. The fourth-order valence-electron chi connectivity index (χ4n) is 17.3. The SMILES string of the molecule is C/C=C/C=C/C=C/C.Cc1cc2ccc3cc(C)cc4ccc(c1)c2c34.Cc1ccc(-c2ccc(C)cc2)cc1.Cc1ccc(-c2ccc(C)s2)s1.Cc1ccc(/C=C/c2ccc(C)cc2)cc1.Cc1ccc(C#Cc2ccc(C)cc2)cc1.Cc1ccc2c(c1)C(C)(C)c1cc(C)ccc1-2.Cc1ccc2c3ccc(C)cc3n(C(C)C)c2c1.Cc1ccc2c3ccc(C)cc3n(C)c2c1. The average molecular weight is 1800 g/mol. The maximum Gasteiger partial charge on any atom is 0.0496 e. The summed E-state index contributed by atoms with van der Waals surface area (Å²) in [6.07, 6.45) is 16.3. The Labute approximate surface area is 813 Å². The van der Waals surface area contributed by atoms with Gasteiger partial charge >= 0.3 is 0 Å². The first-order valence-electron chi connectivity index (χ1n) is 47.4. The second-order valence-corrected chi connectivity index (χ2v) is 39.8. The standard InChI is InChI=1S/C18H14.C17H19N.C17H18.C16H16.C16H14.C15H15N.C14H14.C10H10S2.C8H12/c1-11-7-13-3-5-15-9-12(2)10-16-6-4-14(8-11)17(13)18(15)16;1-11(2)18-16-9-12(3)5-7-14(16)15-8-6-13(4)10-17(15)18;1-11-5-7-13-14-8-6-12(2)10-16(14)17(3,4)15(13)9-11;2*1-13-3-7-15(8-4-13)11-12-16-9-5-14(2)6-10-16;1-10-4-6-12-13-7-5-11(2)9-15(13)16(3)14(12)8-10;1-11-3-7-13(8-4-11)14-9-5-12(2)6-10-14;1-7-3-5-9(11-7)10-6-4-8(2)12-10;1-3-5-7-8-6-4-2/h3-10H,1-2H3;5-11H,1-4H3;5-10H,1-4H3;3-12H,1-2H3;3-10H,1-2H3;4-9H,1-3H3;3-10H,1-2H3;3-6H,1-2H3;3-8H,1-2H3/b;;;12-11+;;;;;5-3+,6-4+,8-7+. The van der Waals surface area contributed by atoms with Gasteiger partial charge in [0.05, 0.1) is 0 Å². The van der Waals surface area contributed by atoms with Crippen molar-refractivity contribution in [1.29, 1.82) is 0 Å². The van der Waals surface area contributed by atoms with Crippen LogP contribution in [-0.4, -0.2) is 9.13 Å². The second-order valence-electron chi connectivity index (χ2n) is 37.3. The van der Waals surface area contributed by atoms with Gasteiger partial charge in [-0.1, -0.05) is 374 Å². The van der Waals surface area contributed by atoms with E-state index in [1.807, 2.05) is 73.0 Å². The van der Waals surface area contributed by atoms with E-state index in [1.54, 1.807) is 0 Å². The summed E-state index contributed by atoms with van der Waals surface area (Å²) >= 11 is 3.73. The third-order valence-corrected chi connectivity index (χ3v) is 26.9. The Balaban J connectivity index is 0.000000129.